The first-order valence-corrected chi connectivity index (χ1v) is 6.61. The molecule has 0 aromatic carbocycles. The van der Waals surface area contributed by atoms with Gasteiger partial charge in [0, 0.05) is 18.1 Å². The van der Waals surface area contributed by atoms with Crippen molar-refractivity contribution in [2.45, 2.75) is 44.4 Å². The van der Waals surface area contributed by atoms with Crippen LogP contribution in [0.2, 0.25) is 0 Å². The van der Waals surface area contributed by atoms with Crippen molar-refractivity contribution in [3.63, 3.8) is 0 Å². The van der Waals surface area contributed by atoms with Crippen LogP contribution in [-0.4, -0.2) is 14.6 Å². The van der Waals surface area contributed by atoms with E-state index in [0.717, 1.165) is 12.3 Å². The molecule has 0 aliphatic rings. The molecule has 2 nitrogen and oxygen atoms in total. The smallest absolute Gasteiger partial charge is 0.0521 e. The van der Waals surface area contributed by atoms with Gasteiger partial charge in [0.05, 0.1) is 6.20 Å². The molecular weight excluding hydrogens is 252 g/mol. The molecule has 3 heteroatoms. The van der Waals surface area contributed by atoms with Crippen molar-refractivity contribution in [3.05, 3.63) is 18.0 Å². The fourth-order valence-corrected chi connectivity index (χ4v) is 2.83. The molecule has 1 atom stereocenters. The predicted molar refractivity (Wildman–Crippen MR) is 68.3 cm³/mol. The van der Waals surface area contributed by atoms with Crippen molar-refractivity contribution < 1.29 is 0 Å². The summed E-state index contributed by atoms with van der Waals surface area (Å²) in [6.07, 6.45) is 8.99. The highest BCUT2D eigenvalue weighted by Crippen LogP contribution is 2.18. The summed E-state index contributed by atoms with van der Waals surface area (Å²) in [7, 11) is 1.97. The second kappa shape index (κ2) is 6.31. The van der Waals surface area contributed by atoms with Gasteiger partial charge in [0.15, 0.2) is 0 Å². The van der Waals surface area contributed by atoms with E-state index in [1.165, 1.54) is 24.8 Å². The van der Waals surface area contributed by atoms with E-state index in [1.807, 2.05) is 17.9 Å². The van der Waals surface area contributed by atoms with Gasteiger partial charge >= 0.3 is 0 Å². The third kappa shape index (κ3) is 5.36. The van der Waals surface area contributed by atoms with Crippen LogP contribution in [0, 0.1) is 5.92 Å². The van der Waals surface area contributed by atoms with Crippen LogP contribution in [0.3, 0.4) is 0 Å². The quantitative estimate of drug-likeness (QED) is 0.725. The molecule has 1 unspecified atom stereocenters. The zero-order chi connectivity index (χ0) is 11.3. The number of nitrogens with zero attached hydrogens (tertiary/aromatic N) is 2. The van der Waals surface area contributed by atoms with Crippen molar-refractivity contribution in [1.82, 2.24) is 9.78 Å². The van der Waals surface area contributed by atoms with Gasteiger partial charge < -0.3 is 0 Å². The molecule has 0 radical (unpaired) electrons. The van der Waals surface area contributed by atoms with Gasteiger partial charge in [-0.2, -0.15) is 5.10 Å². The summed E-state index contributed by atoms with van der Waals surface area (Å²) in [6, 6.07) is 0. The maximum absolute atomic E-state index is 4.17. The summed E-state index contributed by atoms with van der Waals surface area (Å²) < 4.78 is 1.87. The van der Waals surface area contributed by atoms with Crippen LogP contribution in [0.4, 0.5) is 0 Å². The Bertz CT molecular complexity index is 281. The summed E-state index contributed by atoms with van der Waals surface area (Å²) in [5.74, 6) is 0.785. The van der Waals surface area contributed by atoms with Gasteiger partial charge in [0.1, 0.15) is 0 Å². The number of aryl methyl sites for hydroxylation is 2. The summed E-state index contributed by atoms with van der Waals surface area (Å²) >= 11 is 3.74. The van der Waals surface area contributed by atoms with Crippen LogP contribution in [0.15, 0.2) is 12.4 Å². The first-order chi connectivity index (χ1) is 7.08. The van der Waals surface area contributed by atoms with Gasteiger partial charge in [-0.15, -0.1) is 0 Å². The zero-order valence-corrected chi connectivity index (χ0v) is 11.5. The lowest BCUT2D eigenvalue weighted by atomic mass is 10.0. The molecule has 1 rings (SSSR count). The van der Waals surface area contributed by atoms with E-state index >= 15 is 0 Å². The van der Waals surface area contributed by atoms with Gasteiger partial charge in [-0.25, -0.2) is 0 Å². The Morgan fingerprint density at radius 3 is 2.73 bits per heavy atom. The fraction of sp³-hybridized carbons (Fsp3) is 0.750. The van der Waals surface area contributed by atoms with E-state index in [1.54, 1.807) is 0 Å². The minimum atomic E-state index is 0.675. The summed E-state index contributed by atoms with van der Waals surface area (Å²) in [4.78, 5) is 0.675. The largest absolute Gasteiger partial charge is 0.276 e. The Morgan fingerprint density at radius 1 is 1.47 bits per heavy atom. The van der Waals surface area contributed by atoms with Gasteiger partial charge in [-0.3, -0.25) is 4.68 Å². The van der Waals surface area contributed by atoms with Crippen LogP contribution < -0.4 is 0 Å². The van der Waals surface area contributed by atoms with E-state index < -0.39 is 0 Å². The summed E-state index contributed by atoms with van der Waals surface area (Å²) in [6.45, 7) is 4.55. The molecule has 0 fully saturated rings. The van der Waals surface area contributed by atoms with Gasteiger partial charge in [0.2, 0.25) is 0 Å². The van der Waals surface area contributed by atoms with Crippen molar-refractivity contribution in [2.24, 2.45) is 13.0 Å². The maximum atomic E-state index is 4.17. The molecule has 0 bridgehead atoms. The topological polar surface area (TPSA) is 17.8 Å². The molecule has 1 aromatic heterocycles. The first kappa shape index (κ1) is 12.8. The summed E-state index contributed by atoms with van der Waals surface area (Å²) in [5, 5.41) is 4.17. The fourth-order valence-electron chi connectivity index (χ4n) is 1.76. The standard InChI is InChI=1S/C12H21BrN2/c1-10(2)7-12(13)6-4-5-11-8-14-15(3)9-11/h8-10,12H,4-7H2,1-3H3. The Balaban J connectivity index is 2.16. The SMILES string of the molecule is CC(C)CC(Br)CCCc1cnn(C)c1. The van der Waals surface area contributed by atoms with Crippen molar-refractivity contribution in [2.75, 3.05) is 0 Å². The first-order valence-electron chi connectivity index (χ1n) is 5.69. The zero-order valence-electron chi connectivity index (χ0n) is 9.91. The number of alkyl halides is 1. The van der Waals surface area contributed by atoms with Crippen LogP contribution in [0.25, 0.3) is 0 Å². The highest BCUT2D eigenvalue weighted by molar-refractivity contribution is 9.09. The molecule has 15 heavy (non-hydrogen) atoms. The van der Waals surface area contributed by atoms with Gasteiger partial charge in [0.25, 0.3) is 0 Å². The minimum absolute atomic E-state index is 0.675. The summed E-state index contributed by atoms with van der Waals surface area (Å²) in [5.41, 5.74) is 1.35. The van der Waals surface area contributed by atoms with E-state index in [-0.39, 0.29) is 0 Å². The third-order valence-electron chi connectivity index (χ3n) is 2.47. The van der Waals surface area contributed by atoms with Crippen molar-refractivity contribution in [3.8, 4) is 0 Å². The molecule has 0 aliphatic heterocycles. The van der Waals surface area contributed by atoms with Crippen molar-refractivity contribution >= 4 is 15.9 Å². The Labute approximate surface area is 101 Å². The van der Waals surface area contributed by atoms with Crippen LogP contribution in [-0.2, 0) is 13.5 Å². The molecule has 86 valence electrons. The number of halogens is 1. The molecule has 0 N–H and O–H groups in total. The molecule has 0 saturated carbocycles. The molecule has 0 spiro atoms. The van der Waals surface area contributed by atoms with Crippen LogP contribution >= 0.6 is 15.9 Å². The molecule has 0 saturated heterocycles. The van der Waals surface area contributed by atoms with E-state index in [0.29, 0.717) is 4.83 Å². The van der Waals surface area contributed by atoms with Gasteiger partial charge in [-0.05, 0) is 37.2 Å². The number of aromatic nitrogens is 2. The predicted octanol–water partition coefficient (Wildman–Crippen LogP) is 3.55. The number of hydrogen-bond donors (Lipinski definition) is 0. The lowest BCUT2D eigenvalue weighted by Gasteiger charge is -2.11. The van der Waals surface area contributed by atoms with Crippen molar-refractivity contribution in [1.29, 1.82) is 0 Å². The van der Waals surface area contributed by atoms with Gasteiger partial charge in [-0.1, -0.05) is 29.8 Å². The number of rotatable bonds is 6. The molecule has 1 aromatic rings. The second-order valence-corrected chi connectivity index (χ2v) is 5.94. The van der Waals surface area contributed by atoms with E-state index in [2.05, 4.69) is 41.1 Å². The molecule has 0 aliphatic carbocycles. The Kier molecular flexibility index (Phi) is 5.37. The average molecular weight is 273 g/mol. The highest BCUT2D eigenvalue weighted by Gasteiger charge is 2.06. The monoisotopic (exact) mass is 272 g/mol. The third-order valence-corrected chi connectivity index (χ3v) is 3.30. The van der Waals surface area contributed by atoms with Crippen LogP contribution in [0.5, 0.6) is 0 Å². The highest BCUT2D eigenvalue weighted by atomic mass is 79.9. The van der Waals surface area contributed by atoms with E-state index in [9.17, 15) is 0 Å². The Morgan fingerprint density at radius 2 is 2.20 bits per heavy atom. The average Bonchev–Trinajstić information content (AvgIpc) is 2.50. The molecule has 1 heterocycles. The van der Waals surface area contributed by atoms with Crippen LogP contribution in [0.1, 0.15) is 38.7 Å². The molecule has 0 amide bonds. The number of hydrogen-bond acceptors (Lipinski definition) is 1. The molecular formula is C12H21BrN2. The van der Waals surface area contributed by atoms with E-state index in [4.69, 9.17) is 0 Å². The normalized spacial score (nSPS) is 13.4. The minimum Gasteiger partial charge on any atom is -0.276 e. The second-order valence-electron chi connectivity index (χ2n) is 4.64. The lowest BCUT2D eigenvalue weighted by molar-refractivity contribution is 0.544. The maximum Gasteiger partial charge on any atom is 0.0521 e. The lowest BCUT2D eigenvalue weighted by Crippen LogP contribution is -2.03. The Hall–Kier alpha value is -0.310.